The summed E-state index contributed by atoms with van der Waals surface area (Å²) in [5.41, 5.74) is 8.82. The molecule has 2 rings (SSSR count). The molecular weight excluding hydrogens is 242 g/mol. The maximum atomic E-state index is 12.4. The molecule has 0 bridgehead atoms. The molecule has 0 saturated carbocycles. The van der Waals surface area contributed by atoms with Crippen molar-refractivity contribution in [2.75, 3.05) is 12.0 Å². The molecule has 0 fully saturated rings. The molecule has 0 aliphatic carbocycles. The SMILES string of the molecule is CSc1ccc(C)cc1C(=O)c1ccc(N)cc1. The van der Waals surface area contributed by atoms with E-state index >= 15 is 0 Å². The van der Waals surface area contributed by atoms with Crippen LogP contribution in [0.2, 0.25) is 0 Å². The molecule has 0 atom stereocenters. The fourth-order valence-electron chi connectivity index (χ4n) is 1.79. The summed E-state index contributed by atoms with van der Waals surface area (Å²) in [6, 6.07) is 13.0. The van der Waals surface area contributed by atoms with Crippen molar-refractivity contribution < 1.29 is 4.79 Å². The van der Waals surface area contributed by atoms with E-state index in [1.165, 1.54) is 0 Å². The van der Waals surface area contributed by atoms with Crippen molar-refractivity contribution in [1.29, 1.82) is 0 Å². The average molecular weight is 257 g/mol. The number of carbonyl (C=O) groups excluding carboxylic acids is 1. The summed E-state index contributed by atoms with van der Waals surface area (Å²) in [6.07, 6.45) is 1.98. The van der Waals surface area contributed by atoms with Gasteiger partial charge in [-0.15, -0.1) is 11.8 Å². The molecule has 2 aromatic carbocycles. The Kier molecular flexibility index (Phi) is 3.72. The number of rotatable bonds is 3. The van der Waals surface area contributed by atoms with E-state index in [-0.39, 0.29) is 5.78 Å². The predicted octanol–water partition coefficient (Wildman–Crippen LogP) is 3.53. The van der Waals surface area contributed by atoms with Gasteiger partial charge in [0.2, 0.25) is 0 Å². The number of carbonyl (C=O) groups is 1. The van der Waals surface area contributed by atoms with E-state index in [9.17, 15) is 4.79 Å². The molecule has 0 amide bonds. The molecule has 18 heavy (non-hydrogen) atoms. The lowest BCUT2D eigenvalue weighted by Gasteiger charge is -2.08. The minimum absolute atomic E-state index is 0.0445. The second-order valence-electron chi connectivity index (χ2n) is 4.15. The van der Waals surface area contributed by atoms with Crippen molar-refractivity contribution in [3.8, 4) is 0 Å². The van der Waals surface area contributed by atoms with Crippen LogP contribution in [0.25, 0.3) is 0 Å². The van der Waals surface area contributed by atoms with Crippen molar-refractivity contribution in [3.63, 3.8) is 0 Å². The number of nitrogens with two attached hydrogens (primary N) is 1. The Labute approximate surface area is 111 Å². The highest BCUT2D eigenvalue weighted by Crippen LogP contribution is 2.24. The van der Waals surface area contributed by atoms with Crippen LogP contribution in [-0.2, 0) is 0 Å². The van der Waals surface area contributed by atoms with Crippen molar-refractivity contribution >= 4 is 23.2 Å². The van der Waals surface area contributed by atoms with E-state index in [2.05, 4.69) is 0 Å². The van der Waals surface area contributed by atoms with Crippen LogP contribution in [0.4, 0.5) is 5.69 Å². The Morgan fingerprint density at radius 2 is 1.78 bits per heavy atom. The van der Waals surface area contributed by atoms with Crippen LogP contribution in [0, 0.1) is 6.92 Å². The van der Waals surface area contributed by atoms with E-state index in [4.69, 9.17) is 5.73 Å². The van der Waals surface area contributed by atoms with Gasteiger partial charge in [0.1, 0.15) is 0 Å². The van der Waals surface area contributed by atoms with Crippen LogP contribution in [0.1, 0.15) is 21.5 Å². The molecule has 2 aromatic rings. The summed E-state index contributed by atoms with van der Waals surface area (Å²) >= 11 is 1.58. The molecule has 2 nitrogen and oxygen atoms in total. The van der Waals surface area contributed by atoms with Gasteiger partial charge < -0.3 is 5.73 Å². The van der Waals surface area contributed by atoms with Crippen LogP contribution in [-0.4, -0.2) is 12.0 Å². The summed E-state index contributed by atoms with van der Waals surface area (Å²) in [4.78, 5) is 13.4. The van der Waals surface area contributed by atoms with Crippen LogP contribution < -0.4 is 5.73 Å². The van der Waals surface area contributed by atoms with Gasteiger partial charge in [-0.3, -0.25) is 4.79 Å². The third-order valence-corrected chi connectivity index (χ3v) is 3.57. The molecule has 3 heteroatoms. The minimum Gasteiger partial charge on any atom is -0.399 e. The van der Waals surface area contributed by atoms with Crippen LogP contribution in [0.3, 0.4) is 0 Å². The van der Waals surface area contributed by atoms with Crippen LogP contribution >= 0.6 is 11.8 Å². The minimum atomic E-state index is 0.0445. The van der Waals surface area contributed by atoms with E-state index in [0.717, 1.165) is 16.0 Å². The summed E-state index contributed by atoms with van der Waals surface area (Å²) in [6.45, 7) is 1.99. The highest BCUT2D eigenvalue weighted by atomic mass is 32.2. The first-order valence-corrected chi connectivity index (χ1v) is 6.89. The fourth-order valence-corrected chi connectivity index (χ4v) is 2.36. The number of nitrogen functional groups attached to an aromatic ring is 1. The maximum absolute atomic E-state index is 12.4. The van der Waals surface area contributed by atoms with Crippen molar-refractivity contribution in [2.24, 2.45) is 0 Å². The standard InChI is InChI=1S/C15H15NOS/c1-10-3-8-14(18-2)13(9-10)15(17)11-4-6-12(16)7-5-11/h3-9H,16H2,1-2H3. The van der Waals surface area contributed by atoms with Crippen molar-refractivity contribution in [1.82, 2.24) is 0 Å². The number of hydrogen-bond donors (Lipinski definition) is 1. The summed E-state index contributed by atoms with van der Waals surface area (Å²) in [7, 11) is 0. The second-order valence-corrected chi connectivity index (χ2v) is 5.00. The van der Waals surface area contributed by atoms with Crippen LogP contribution in [0.5, 0.6) is 0 Å². The molecule has 0 aliphatic rings. The van der Waals surface area contributed by atoms with Crippen LogP contribution in [0.15, 0.2) is 47.4 Å². The molecule has 0 aromatic heterocycles. The first kappa shape index (κ1) is 12.7. The second kappa shape index (κ2) is 5.27. The normalized spacial score (nSPS) is 10.3. The summed E-state index contributed by atoms with van der Waals surface area (Å²) in [5, 5.41) is 0. The van der Waals surface area contributed by atoms with Crippen molar-refractivity contribution in [3.05, 3.63) is 59.2 Å². The van der Waals surface area contributed by atoms with E-state index in [1.807, 2.05) is 31.4 Å². The van der Waals surface area contributed by atoms with E-state index in [1.54, 1.807) is 36.0 Å². The Bertz CT molecular complexity index is 576. The number of anilines is 1. The largest absolute Gasteiger partial charge is 0.399 e. The molecule has 0 spiro atoms. The zero-order valence-corrected chi connectivity index (χ0v) is 11.3. The number of ketones is 1. The third kappa shape index (κ3) is 2.57. The Morgan fingerprint density at radius 1 is 1.11 bits per heavy atom. The Balaban J connectivity index is 2.45. The highest BCUT2D eigenvalue weighted by molar-refractivity contribution is 7.98. The van der Waals surface area contributed by atoms with Gasteiger partial charge >= 0.3 is 0 Å². The smallest absolute Gasteiger partial charge is 0.194 e. The van der Waals surface area contributed by atoms with E-state index < -0.39 is 0 Å². The zero-order chi connectivity index (χ0) is 13.1. The molecule has 0 saturated heterocycles. The quantitative estimate of drug-likeness (QED) is 0.519. The van der Waals surface area contributed by atoms with Gasteiger partial charge in [0.05, 0.1) is 0 Å². The first-order chi connectivity index (χ1) is 8.61. The lowest BCUT2D eigenvalue weighted by atomic mass is 10.0. The van der Waals surface area contributed by atoms with Gasteiger partial charge in [-0.25, -0.2) is 0 Å². The molecule has 0 aliphatic heterocycles. The first-order valence-electron chi connectivity index (χ1n) is 5.66. The highest BCUT2D eigenvalue weighted by Gasteiger charge is 2.13. The third-order valence-electron chi connectivity index (χ3n) is 2.77. The summed E-state index contributed by atoms with van der Waals surface area (Å²) < 4.78 is 0. The van der Waals surface area contributed by atoms with E-state index in [0.29, 0.717) is 11.3 Å². The molecule has 92 valence electrons. The van der Waals surface area contributed by atoms with Gasteiger partial charge in [-0.05, 0) is 49.6 Å². The molecule has 0 radical (unpaired) electrons. The summed E-state index contributed by atoms with van der Waals surface area (Å²) in [5.74, 6) is 0.0445. The lowest BCUT2D eigenvalue weighted by Crippen LogP contribution is -2.03. The topological polar surface area (TPSA) is 43.1 Å². The number of hydrogen-bond acceptors (Lipinski definition) is 3. The number of benzene rings is 2. The molecule has 2 N–H and O–H groups in total. The lowest BCUT2D eigenvalue weighted by molar-refractivity contribution is 0.103. The number of aryl methyl sites for hydroxylation is 1. The molecule has 0 heterocycles. The molecular formula is C15H15NOS. The van der Waals surface area contributed by atoms with Gasteiger partial charge in [-0.1, -0.05) is 11.6 Å². The predicted molar refractivity (Wildman–Crippen MR) is 77.2 cm³/mol. The Morgan fingerprint density at radius 3 is 2.39 bits per heavy atom. The molecule has 0 unspecified atom stereocenters. The maximum Gasteiger partial charge on any atom is 0.194 e. The average Bonchev–Trinajstić information content (AvgIpc) is 2.39. The Hall–Kier alpha value is -1.74. The zero-order valence-electron chi connectivity index (χ0n) is 10.4. The number of thioether (sulfide) groups is 1. The van der Waals surface area contributed by atoms with Crippen molar-refractivity contribution in [2.45, 2.75) is 11.8 Å². The monoisotopic (exact) mass is 257 g/mol. The van der Waals surface area contributed by atoms with Gasteiger partial charge in [-0.2, -0.15) is 0 Å². The van der Waals surface area contributed by atoms with Gasteiger partial charge in [0.15, 0.2) is 5.78 Å². The van der Waals surface area contributed by atoms with Gasteiger partial charge in [0, 0.05) is 21.7 Å². The fraction of sp³-hybridized carbons (Fsp3) is 0.133. The van der Waals surface area contributed by atoms with Gasteiger partial charge in [0.25, 0.3) is 0 Å².